The summed E-state index contributed by atoms with van der Waals surface area (Å²) in [5.74, 6) is -1.40. The van der Waals surface area contributed by atoms with Crippen molar-refractivity contribution in [1.82, 2.24) is 0 Å². The molecule has 0 fully saturated rings. The van der Waals surface area contributed by atoms with Gasteiger partial charge in [0.1, 0.15) is 11.5 Å². The highest BCUT2D eigenvalue weighted by atomic mass is 16.7. The van der Waals surface area contributed by atoms with E-state index in [0.29, 0.717) is 12.8 Å². The van der Waals surface area contributed by atoms with Crippen LogP contribution in [0.15, 0.2) is 36.4 Å². The lowest BCUT2D eigenvalue weighted by Gasteiger charge is -2.16. The second-order valence-electron chi connectivity index (χ2n) is 8.61. The first kappa shape index (κ1) is 24.1. The maximum absolute atomic E-state index is 12.3. The number of aromatic hydroxyl groups is 2. The molecule has 0 radical (unpaired) electrons. The fourth-order valence-corrected chi connectivity index (χ4v) is 3.83. The monoisotopic (exact) mass is 474 g/mol. The van der Waals surface area contributed by atoms with E-state index in [1.54, 1.807) is 18.2 Å². The summed E-state index contributed by atoms with van der Waals surface area (Å²) in [4.78, 5) is 24.5. The Balaban J connectivity index is 1.85. The first-order valence-corrected chi connectivity index (χ1v) is 12.1. The Morgan fingerprint density at radius 1 is 0.912 bits per heavy atom. The summed E-state index contributed by atoms with van der Waals surface area (Å²) < 4.78 is 26.2. The lowest BCUT2D eigenvalue weighted by Crippen LogP contribution is -2.15. The van der Waals surface area contributed by atoms with E-state index in [1.165, 1.54) is 6.07 Å². The molecular formula is C28H38O6. The van der Waals surface area contributed by atoms with Crippen molar-refractivity contribution in [2.75, 3.05) is 6.79 Å². The van der Waals surface area contributed by atoms with Crippen LogP contribution in [0.3, 0.4) is 0 Å². The Kier molecular flexibility index (Phi) is 10.1. The fraction of sp³-hybridized carbons (Fsp3) is 0.500. The van der Waals surface area contributed by atoms with Crippen molar-refractivity contribution in [2.24, 2.45) is 0 Å². The number of aryl methyl sites for hydroxylation is 2. The number of carbonyl (C=O) groups excluding carboxylic acids is 2. The molecule has 0 aliphatic heterocycles. The molecule has 186 valence electrons. The molecular weight excluding hydrogens is 432 g/mol. The number of rotatable bonds is 14. The number of benzene rings is 2. The van der Waals surface area contributed by atoms with Crippen LogP contribution >= 0.6 is 0 Å². The van der Waals surface area contributed by atoms with Gasteiger partial charge in [-0.15, -0.1) is 0 Å². The predicted molar refractivity (Wildman–Crippen MR) is 132 cm³/mol. The second kappa shape index (κ2) is 14.3. The van der Waals surface area contributed by atoms with Crippen molar-refractivity contribution in [3.63, 3.8) is 0 Å². The first-order chi connectivity index (χ1) is 17.2. The molecule has 1 unspecified atom stereocenters. The number of unbranched alkanes of at least 4 members (excludes halogenated alkanes) is 2. The third kappa shape index (κ3) is 9.08. The van der Waals surface area contributed by atoms with Crippen LogP contribution in [0.1, 0.15) is 90.2 Å². The van der Waals surface area contributed by atoms with Crippen LogP contribution in [0.25, 0.3) is 0 Å². The molecule has 0 saturated heterocycles. The molecule has 0 bridgehead atoms. The van der Waals surface area contributed by atoms with Crippen molar-refractivity contribution in [3.8, 4) is 11.5 Å². The minimum atomic E-state index is -0.518. The van der Waals surface area contributed by atoms with Gasteiger partial charge in [0.15, 0.2) is 0 Å². The molecule has 0 heterocycles. The summed E-state index contributed by atoms with van der Waals surface area (Å²) in [6, 6.07) is 6.51. The normalized spacial score (nSPS) is 12.6. The summed E-state index contributed by atoms with van der Waals surface area (Å²) in [5, 5.41) is 19.7. The molecule has 1 atom stereocenters. The highest BCUT2D eigenvalue weighted by molar-refractivity contribution is 5.72. The Labute approximate surface area is 205 Å². The largest absolute Gasteiger partial charge is 0.508 e. The molecule has 34 heavy (non-hydrogen) atoms. The lowest BCUT2D eigenvalue weighted by molar-refractivity contribution is -0.167. The van der Waals surface area contributed by atoms with Crippen molar-refractivity contribution in [3.05, 3.63) is 58.6 Å². The van der Waals surface area contributed by atoms with Crippen LogP contribution < -0.4 is 0 Å². The number of phenols is 2. The highest BCUT2D eigenvalue weighted by Crippen LogP contribution is 2.28. The van der Waals surface area contributed by atoms with Gasteiger partial charge >= 0.3 is 11.9 Å². The van der Waals surface area contributed by atoms with Gasteiger partial charge in [-0.3, -0.25) is 9.59 Å². The second-order valence-corrected chi connectivity index (χ2v) is 8.61. The summed E-state index contributed by atoms with van der Waals surface area (Å²) in [6.45, 7) is 5.51. The van der Waals surface area contributed by atoms with Crippen molar-refractivity contribution in [1.29, 1.82) is 0 Å². The average Bonchev–Trinajstić information content (AvgIpc) is 2.84. The summed E-state index contributed by atoms with van der Waals surface area (Å²) in [7, 11) is 0. The third-order valence-corrected chi connectivity index (χ3v) is 5.79. The number of hydrogen-bond donors (Lipinski definition) is 2. The molecule has 0 spiro atoms. The van der Waals surface area contributed by atoms with E-state index in [2.05, 4.69) is 13.8 Å². The summed E-state index contributed by atoms with van der Waals surface area (Å²) in [5.41, 5.74) is 3.33. The van der Waals surface area contributed by atoms with Crippen LogP contribution in [-0.4, -0.2) is 28.9 Å². The lowest BCUT2D eigenvalue weighted by atomic mass is 9.90. The van der Waals surface area contributed by atoms with Gasteiger partial charge in [-0.25, -0.2) is 0 Å². The topological polar surface area (TPSA) is 93.1 Å². The zero-order valence-electron chi connectivity index (χ0n) is 22.5. The van der Waals surface area contributed by atoms with Crippen LogP contribution in [0.4, 0.5) is 0 Å². The van der Waals surface area contributed by atoms with Gasteiger partial charge in [-0.1, -0.05) is 45.7 Å². The molecule has 0 aliphatic rings. The zero-order valence-corrected chi connectivity index (χ0v) is 20.5. The predicted octanol–water partition coefficient (Wildman–Crippen LogP) is 5.95. The third-order valence-electron chi connectivity index (χ3n) is 5.79. The fourth-order valence-electron chi connectivity index (χ4n) is 3.83. The number of phenolic OH excluding ortho intramolecular Hbond substituents is 2. The van der Waals surface area contributed by atoms with Gasteiger partial charge in [0, 0.05) is 6.42 Å². The SMILES string of the molecule is [3H]c1cc(CCC(=O)OCOC(=O)CC(C)c2ccc(O)c([3H])c2CCCC)c(CCCC)cc1O. The Morgan fingerprint density at radius 2 is 1.59 bits per heavy atom. The Bertz CT molecular complexity index is 1040. The molecule has 6 nitrogen and oxygen atoms in total. The van der Waals surface area contributed by atoms with Crippen LogP contribution in [0, 0.1) is 0 Å². The van der Waals surface area contributed by atoms with Crippen molar-refractivity contribution >= 4 is 11.9 Å². The molecule has 2 aromatic rings. The number of carbonyl (C=O) groups is 2. The number of hydrogen-bond acceptors (Lipinski definition) is 6. The van der Waals surface area contributed by atoms with Crippen LogP contribution in [0.2, 0.25) is 0 Å². The Hall–Kier alpha value is -3.02. The van der Waals surface area contributed by atoms with E-state index in [-0.39, 0.29) is 42.3 Å². The van der Waals surface area contributed by atoms with E-state index in [4.69, 9.17) is 12.2 Å². The zero-order chi connectivity index (χ0) is 26.7. The minimum absolute atomic E-state index is 0.0192. The van der Waals surface area contributed by atoms with E-state index >= 15 is 0 Å². The molecule has 6 heteroatoms. The van der Waals surface area contributed by atoms with Gasteiger partial charge < -0.3 is 19.7 Å². The van der Waals surface area contributed by atoms with Gasteiger partial charge in [0.25, 0.3) is 0 Å². The summed E-state index contributed by atoms with van der Waals surface area (Å²) in [6.07, 6.45) is 5.66. The summed E-state index contributed by atoms with van der Waals surface area (Å²) >= 11 is 0. The van der Waals surface area contributed by atoms with Crippen LogP contribution in [-0.2, 0) is 38.3 Å². The van der Waals surface area contributed by atoms with Gasteiger partial charge in [-0.2, -0.15) is 0 Å². The van der Waals surface area contributed by atoms with E-state index in [1.807, 2.05) is 6.92 Å². The van der Waals surface area contributed by atoms with E-state index in [0.717, 1.165) is 54.4 Å². The van der Waals surface area contributed by atoms with Crippen LogP contribution in [0.5, 0.6) is 11.5 Å². The minimum Gasteiger partial charge on any atom is -0.508 e. The Morgan fingerprint density at radius 3 is 2.29 bits per heavy atom. The molecule has 2 rings (SSSR count). The maximum atomic E-state index is 12.3. The average molecular weight is 475 g/mol. The van der Waals surface area contributed by atoms with Gasteiger partial charge in [0.05, 0.1) is 9.16 Å². The quantitative estimate of drug-likeness (QED) is 0.259. The molecule has 0 aromatic heterocycles. The molecule has 0 aliphatic carbocycles. The molecule has 0 saturated carbocycles. The smallest absolute Gasteiger partial charge is 0.309 e. The molecule has 2 N–H and O–H groups in total. The molecule has 2 aromatic carbocycles. The highest BCUT2D eigenvalue weighted by Gasteiger charge is 2.17. The first-order valence-electron chi connectivity index (χ1n) is 13.1. The van der Waals surface area contributed by atoms with E-state index in [9.17, 15) is 19.8 Å². The van der Waals surface area contributed by atoms with Crippen molar-refractivity contribution in [2.45, 2.75) is 84.5 Å². The standard InChI is InChI=1S/C28H38O6/c1-4-6-8-22-17-24(29)12-10-21(22)11-15-27(31)33-19-34-28(32)16-20(3)26-14-13-25(30)18-23(26)9-7-5-2/h10,12-14,17-18,20,29-30H,4-9,11,15-16,19H2,1-3H3/i12T,18T. The van der Waals surface area contributed by atoms with Gasteiger partial charge in [0.2, 0.25) is 6.79 Å². The number of esters is 2. The maximum Gasteiger partial charge on any atom is 0.309 e. The van der Waals surface area contributed by atoms with E-state index < -0.39 is 18.7 Å². The van der Waals surface area contributed by atoms with Gasteiger partial charge in [-0.05, 0) is 84.5 Å². The number of ether oxygens (including phenoxy) is 2. The van der Waals surface area contributed by atoms with Crippen molar-refractivity contribution < 1.29 is 32.0 Å². The molecule has 0 amide bonds.